The van der Waals surface area contributed by atoms with Crippen LogP contribution in [0, 0.1) is 32.1 Å². The van der Waals surface area contributed by atoms with Gasteiger partial charge in [-0.2, -0.15) is 0 Å². The topological polar surface area (TPSA) is 157 Å². The molecule has 0 heterocycles. The molecule has 4 fully saturated rings. The molecule has 0 aromatic carbocycles. The number of carbonyl (C=O) groups is 2. The number of ether oxygens (including phenoxy) is 4. The lowest BCUT2D eigenvalue weighted by atomic mass is 9.93. The molecule has 33 heavy (non-hydrogen) atoms. The summed E-state index contributed by atoms with van der Waals surface area (Å²) in [5, 5.41) is 21.7. The maximum absolute atomic E-state index is 12.4. The van der Waals surface area contributed by atoms with E-state index in [0.29, 0.717) is 51.4 Å². The molecule has 12 heteroatoms. The van der Waals surface area contributed by atoms with Gasteiger partial charge in [-0.05, 0) is 44.9 Å². The van der Waals surface area contributed by atoms with E-state index in [9.17, 15) is 29.8 Å². The van der Waals surface area contributed by atoms with E-state index in [2.05, 4.69) is 0 Å². The second-order valence-corrected chi connectivity index (χ2v) is 9.67. The molecule has 4 aliphatic carbocycles. The van der Waals surface area contributed by atoms with Crippen molar-refractivity contribution < 1.29 is 38.4 Å². The molecular formula is C21H30N2O10. The maximum Gasteiger partial charge on any atom is 0.508 e. The van der Waals surface area contributed by atoms with E-state index < -0.39 is 48.8 Å². The van der Waals surface area contributed by atoms with E-state index >= 15 is 0 Å². The zero-order valence-corrected chi connectivity index (χ0v) is 18.4. The van der Waals surface area contributed by atoms with Gasteiger partial charge < -0.3 is 18.9 Å². The molecule has 2 bridgehead atoms. The zero-order valence-electron chi connectivity index (χ0n) is 18.4. The fraction of sp³-hybridized carbons (Fsp3) is 0.905. The lowest BCUT2D eigenvalue weighted by molar-refractivity contribution is -0.527. The second-order valence-electron chi connectivity index (χ2n) is 9.67. The lowest BCUT2D eigenvalue weighted by Crippen LogP contribution is -2.41. The number of hydrogen-bond donors (Lipinski definition) is 0. The summed E-state index contributed by atoms with van der Waals surface area (Å²) in [5.74, 6) is 0.169. The number of rotatable bonds is 6. The van der Waals surface area contributed by atoms with Crippen molar-refractivity contribution in [2.45, 2.75) is 107 Å². The Hall–Kier alpha value is -2.66. The second kappa shape index (κ2) is 10.1. The van der Waals surface area contributed by atoms with Crippen molar-refractivity contribution in [2.75, 3.05) is 0 Å². The number of fused-ring (bicyclic) bond motifs is 2. The standard InChI is InChI=1S/C21H30N2O10/c24-20(30-16-7-3-14(4-8-16)22(26)27)32-18-12-1-2-13(11-12)19(18)33-21(25)31-17-9-5-15(6-10-17)23(28)29/h12-19H,1-11H2. The van der Waals surface area contributed by atoms with Crippen molar-refractivity contribution in [3.8, 4) is 0 Å². The molecule has 4 rings (SSSR count). The van der Waals surface area contributed by atoms with Crippen LogP contribution in [0.4, 0.5) is 9.59 Å². The molecule has 0 N–H and O–H groups in total. The maximum atomic E-state index is 12.4. The van der Waals surface area contributed by atoms with Crippen LogP contribution in [0.3, 0.4) is 0 Å². The van der Waals surface area contributed by atoms with E-state index in [1.807, 2.05) is 0 Å². The number of carbonyl (C=O) groups excluding carboxylic acids is 2. The van der Waals surface area contributed by atoms with E-state index in [1.54, 1.807) is 0 Å². The van der Waals surface area contributed by atoms with Crippen LogP contribution in [-0.4, -0.2) is 58.7 Å². The minimum absolute atomic E-state index is 0.0844. The Balaban J connectivity index is 1.24. The number of hydrogen-bond acceptors (Lipinski definition) is 10. The molecule has 4 atom stereocenters. The van der Waals surface area contributed by atoms with Crippen molar-refractivity contribution in [1.82, 2.24) is 0 Å². The Morgan fingerprint density at radius 3 is 1.27 bits per heavy atom. The first-order chi connectivity index (χ1) is 15.8. The van der Waals surface area contributed by atoms with Crippen LogP contribution < -0.4 is 0 Å². The van der Waals surface area contributed by atoms with E-state index in [0.717, 1.165) is 19.3 Å². The van der Waals surface area contributed by atoms with Gasteiger partial charge in [0, 0.05) is 47.4 Å². The highest BCUT2D eigenvalue weighted by atomic mass is 16.8. The van der Waals surface area contributed by atoms with Gasteiger partial charge in [-0.15, -0.1) is 0 Å². The smallest absolute Gasteiger partial charge is 0.431 e. The third kappa shape index (κ3) is 5.64. The van der Waals surface area contributed by atoms with Crippen LogP contribution in [0.25, 0.3) is 0 Å². The zero-order chi connectivity index (χ0) is 23.5. The van der Waals surface area contributed by atoms with Crippen LogP contribution >= 0.6 is 0 Å². The molecule has 0 aromatic heterocycles. The summed E-state index contributed by atoms with van der Waals surface area (Å²) in [4.78, 5) is 45.9. The molecule has 4 saturated carbocycles. The van der Waals surface area contributed by atoms with Gasteiger partial charge in [0.05, 0.1) is 0 Å². The summed E-state index contributed by atoms with van der Waals surface area (Å²) in [7, 11) is 0. The molecule has 4 aliphatic rings. The van der Waals surface area contributed by atoms with Crippen LogP contribution in [-0.2, 0) is 18.9 Å². The average molecular weight is 470 g/mol. The molecule has 184 valence electrons. The van der Waals surface area contributed by atoms with Crippen LogP contribution in [0.1, 0.15) is 70.6 Å². The summed E-state index contributed by atoms with van der Waals surface area (Å²) >= 11 is 0. The quantitative estimate of drug-likeness (QED) is 0.319. The van der Waals surface area contributed by atoms with Crippen LogP contribution in [0.15, 0.2) is 0 Å². The van der Waals surface area contributed by atoms with Gasteiger partial charge in [-0.25, -0.2) is 9.59 Å². The normalized spacial score (nSPS) is 37.7. The van der Waals surface area contributed by atoms with Gasteiger partial charge in [0.2, 0.25) is 12.1 Å². The molecular weight excluding hydrogens is 440 g/mol. The monoisotopic (exact) mass is 470 g/mol. The third-order valence-corrected chi connectivity index (χ3v) is 7.64. The predicted molar refractivity (Wildman–Crippen MR) is 110 cm³/mol. The van der Waals surface area contributed by atoms with Gasteiger partial charge in [0.25, 0.3) is 0 Å². The highest BCUT2D eigenvalue weighted by Gasteiger charge is 2.53. The minimum Gasteiger partial charge on any atom is -0.431 e. The van der Waals surface area contributed by atoms with Gasteiger partial charge in [0.15, 0.2) is 0 Å². The Labute approximate surface area is 190 Å². The molecule has 0 saturated heterocycles. The van der Waals surface area contributed by atoms with Gasteiger partial charge in [0.1, 0.15) is 24.4 Å². The summed E-state index contributed by atoms with van der Waals surface area (Å²) in [6, 6.07) is -1.19. The fourth-order valence-electron chi connectivity index (χ4n) is 5.81. The van der Waals surface area contributed by atoms with Crippen molar-refractivity contribution in [3.05, 3.63) is 20.2 Å². The summed E-state index contributed by atoms with van der Waals surface area (Å²) < 4.78 is 21.9. The highest BCUT2D eigenvalue weighted by molar-refractivity contribution is 5.62. The predicted octanol–water partition coefficient (Wildman–Crippen LogP) is 3.64. The average Bonchev–Trinajstić information content (AvgIpc) is 3.37. The SMILES string of the molecule is O=C(OC1CCC([N+](=O)[O-])CC1)OC1C2CCC(C2)C1OC(=O)OC1CCC([N+](=O)[O-])CC1. The molecule has 12 nitrogen and oxygen atoms in total. The molecule has 0 aliphatic heterocycles. The Bertz CT molecular complexity index is 698. The fourth-order valence-corrected chi connectivity index (χ4v) is 5.81. The first-order valence-corrected chi connectivity index (χ1v) is 11.8. The number of nitro groups is 2. The van der Waals surface area contributed by atoms with E-state index in [-0.39, 0.29) is 21.7 Å². The Kier molecular flexibility index (Phi) is 7.18. The molecule has 0 aromatic rings. The highest BCUT2D eigenvalue weighted by Crippen LogP contribution is 2.48. The van der Waals surface area contributed by atoms with Crippen molar-refractivity contribution in [1.29, 1.82) is 0 Å². The Morgan fingerprint density at radius 2 is 0.939 bits per heavy atom. The van der Waals surface area contributed by atoms with Crippen molar-refractivity contribution >= 4 is 12.3 Å². The molecule has 0 radical (unpaired) electrons. The summed E-state index contributed by atoms with van der Waals surface area (Å²) in [6.07, 6.45) is 1.95. The summed E-state index contributed by atoms with van der Waals surface area (Å²) in [5.41, 5.74) is 0. The van der Waals surface area contributed by atoms with E-state index in [1.165, 1.54) is 0 Å². The minimum atomic E-state index is -0.836. The molecule has 0 amide bonds. The van der Waals surface area contributed by atoms with Crippen molar-refractivity contribution in [3.63, 3.8) is 0 Å². The Morgan fingerprint density at radius 1 is 0.576 bits per heavy atom. The van der Waals surface area contributed by atoms with Crippen LogP contribution in [0.5, 0.6) is 0 Å². The summed E-state index contributed by atoms with van der Waals surface area (Å²) in [6.45, 7) is 0. The largest absolute Gasteiger partial charge is 0.508 e. The van der Waals surface area contributed by atoms with Gasteiger partial charge in [-0.3, -0.25) is 20.2 Å². The molecule has 0 spiro atoms. The van der Waals surface area contributed by atoms with Gasteiger partial charge in [-0.1, -0.05) is 0 Å². The van der Waals surface area contributed by atoms with Crippen LogP contribution in [0.2, 0.25) is 0 Å². The molecule has 4 unspecified atom stereocenters. The lowest BCUT2D eigenvalue weighted by Gasteiger charge is -2.31. The van der Waals surface area contributed by atoms with Crippen molar-refractivity contribution in [2.24, 2.45) is 11.8 Å². The first-order valence-electron chi connectivity index (χ1n) is 11.8. The van der Waals surface area contributed by atoms with E-state index in [4.69, 9.17) is 18.9 Å². The van der Waals surface area contributed by atoms with Gasteiger partial charge >= 0.3 is 12.3 Å². The third-order valence-electron chi connectivity index (χ3n) is 7.64. The number of nitrogens with zero attached hydrogens (tertiary/aromatic N) is 2. The first kappa shape index (κ1) is 23.5.